The summed E-state index contributed by atoms with van der Waals surface area (Å²) in [4.78, 5) is 30.1. The topological polar surface area (TPSA) is 85.8 Å². The van der Waals surface area contributed by atoms with Gasteiger partial charge in [0.05, 0.1) is 17.2 Å². The predicted octanol–water partition coefficient (Wildman–Crippen LogP) is 1.68. The lowest BCUT2D eigenvalue weighted by Gasteiger charge is -2.35. The van der Waals surface area contributed by atoms with E-state index in [1.807, 2.05) is 36.9 Å². The van der Waals surface area contributed by atoms with Crippen LogP contribution < -0.4 is 15.5 Å². The van der Waals surface area contributed by atoms with Gasteiger partial charge in [-0.1, -0.05) is 6.07 Å². The number of thiazole rings is 1. The predicted molar refractivity (Wildman–Crippen MR) is 122 cm³/mol. The Bertz CT molecular complexity index is 816. The molecule has 2 aromatic heterocycles. The number of aryl methyl sites for hydroxylation is 1. The SMILES string of the molecule is CCNC(=NCCC(=O)N1CCN(c2ccccn2)CC1)NCCc1csc(C)n1. The molecule has 0 bridgehead atoms. The molecule has 162 valence electrons. The molecule has 1 aliphatic rings. The molecule has 1 fully saturated rings. The summed E-state index contributed by atoms with van der Waals surface area (Å²) >= 11 is 1.67. The second-order valence-electron chi connectivity index (χ2n) is 7.10. The molecule has 2 aromatic rings. The number of aromatic nitrogens is 2. The number of guanidine groups is 1. The normalized spacial score (nSPS) is 14.7. The van der Waals surface area contributed by atoms with Crippen molar-refractivity contribution in [2.24, 2.45) is 4.99 Å². The number of hydrogen-bond donors (Lipinski definition) is 2. The van der Waals surface area contributed by atoms with Crippen LogP contribution in [0.3, 0.4) is 0 Å². The highest BCUT2D eigenvalue weighted by atomic mass is 32.1. The van der Waals surface area contributed by atoms with Crippen molar-refractivity contribution in [2.75, 3.05) is 50.7 Å². The molecule has 9 heteroatoms. The van der Waals surface area contributed by atoms with Crippen molar-refractivity contribution in [3.8, 4) is 0 Å². The molecule has 3 rings (SSSR count). The highest BCUT2D eigenvalue weighted by Crippen LogP contribution is 2.13. The number of piperazine rings is 1. The molecular formula is C21H31N7OS. The minimum Gasteiger partial charge on any atom is -0.357 e. The number of amides is 1. The maximum atomic E-state index is 12.6. The van der Waals surface area contributed by atoms with E-state index in [4.69, 9.17) is 0 Å². The molecule has 0 radical (unpaired) electrons. The average molecular weight is 430 g/mol. The highest BCUT2D eigenvalue weighted by molar-refractivity contribution is 7.09. The molecule has 1 aliphatic heterocycles. The summed E-state index contributed by atoms with van der Waals surface area (Å²) in [6, 6.07) is 5.92. The second kappa shape index (κ2) is 11.5. The standard InChI is InChI=1S/C21H31N7OS/c1-3-22-21(24-10-7-18-16-30-17(2)26-18)25-11-8-20(29)28-14-12-27(13-15-28)19-6-4-5-9-23-19/h4-6,9,16H,3,7-8,10-15H2,1-2H3,(H2,22,24,25). The second-order valence-corrected chi connectivity index (χ2v) is 8.16. The molecule has 0 aromatic carbocycles. The lowest BCUT2D eigenvalue weighted by atomic mass is 10.2. The van der Waals surface area contributed by atoms with Crippen molar-refractivity contribution in [1.29, 1.82) is 0 Å². The van der Waals surface area contributed by atoms with Crippen molar-refractivity contribution in [3.63, 3.8) is 0 Å². The fraction of sp³-hybridized carbons (Fsp3) is 0.524. The average Bonchev–Trinajstić information content (AvgIpc) is 3.19. The van der Waals surface area contributed by atoms with Crippen molar-refractivity contribution in [2.45, 2.75) is 26.7 Å². The molecule has 3 heterocycles. The van der Waals surface area contributed by atoms with Gasteiger partial charge in [-0.25, -0.2) is 9.97 Å². The van der Waals surface area contributed by atoms with Crippen LogP contribution >= 0.6 is 11.3 Å². The molecule has 1 saturated heterocycles. The van der Waals surface area contributed by atoms with Gasteiger partial charge < -0.3 is 20.4 Å². The molecule has 0 aliphatic carbocycles. The summed E-state index contributed by atoms with van der Waals surface area (Å²) in [6.45, 7) is 9.15. The van der Waals surface area contributed by atoms with Gasteiger partial charge in [0.15, 0.2) is 5.96 Å². The van der Waals surface area contributed by atoms with Gasteiger partial charge in [0.25, 0.3) is 0 Å². The zero-order chi connectivity index (χ0) is 21.2. The van der Waals surface area contributed by atoms with E-state index in [9.17, 15) is 4.79 Å². The number of anilines is 1. The van der Waals surface area contributed by atoms with Gasteiger partial charge in [0, 0.05) is 63.7 Å². The van der Waals surface area contributed by atoms with Crippen LogP contribution in [0.4, 0.5) is 5.82 Å². The van der Waals surface area contributed by atoms with Crippen molar-refractivity contribution in [1.82, 2.24) is 25.5 Å². The van der Waals surface area contributed by atoms with Gasteiger partial charge in [0.2, 0.25) is 5.91 Å². The minimum absolute atomic E-state index is 0.160. The highest BCUT2D eigenvalue weighted by Gasteiger charge is 2.21. The van der Waals surface area contributed by atoms with Crippen LogP contribution in [0.1, 0.15) is 24.0 Å². The van der Waals surface area contributed by atoms with E-state index in [0.717, 1.165) is 68.2 Å². The smallest absolute Gasteiger partial charge is 0.224 e. The molecule has 30 heavy (non-hydrogen) atoms. The van der Waals surface area contributed by atoms with E-state index in [0.29, 0.717) is 13.0 Å². The van der Waals surface area contributed by atoms with E-state index in [2.05, 4.69) is 35.9 Å². The summed E-state index contributed by atoms with van der Waals surface area (Å²) in [5.41, 5.74) is 1.10. The molecule has 0 spiro atoms. The number of carbonyl (C=O) groups is 1. The van der Waals surface area contributed by atoms with Gasteiger partial charge in [-0.05, 0) is 26.0 Å². The van der Waals surface area contributed by atoms with Gasteiger partial charge in [-0.2, -0.15) is 0 Å². The number of hydrogen-bond acceptors (Lipinski definition) is 6. The molecule has 2 N–H and O–H groups in total. The van der Waals surface area contributed by atoms with Crippen molar-refractivity contribution >= 4 is 29.0 Å². The van der Waals surface area contributed by atoms with Crippen LogP contribution in [0.15, 0.2) is 34.8 Å². The number of nitrogens with one attached hydrogen (secondary N) is 2. The number of nitrogens with zero attached hydrogens (tertiary/aromatic N) is 5. The number of carbonyl (C=O) groups excluding carboxylic acids is 1. The quantitative estimate of drug-likeness (QED) is 0.491. The first-order valence-electron chi connectivity index (χ1n) is 10.5. The Morgan fingerprint density at radius 2 is 2.07 bits per heavy atom. The monoisotopic (exact) mass is 429 g/mol. The zero-order valence-electron chi connectivity index (χ0n) is 17.8. The van der Waals surface area contributed by atoms with Crippen molar-refractivity contribution in [3.05, 3.63) is 40.5 Å². The van der Waals surface area contributed by atoms with Gasteiger partial charge in [-0.3, -0.25) is 9.79 Å². The summed E-state index contributed by atoms with van der Waals surface area (Å²) in [7, 11) is 0. The third-order valence-corrected chi connectivity index (χ3v) is 5.71. The van der Waals surface area contributed by atoms with E-state index in [1.165, 1.54) is 0 Å². The lowest BCUT2D eigenvalue weighted by Crippen LogP contribution is -2.49. The van der Waals surface area contributed by atoms with E-state index < -0.39 is 0 Å². The third kappa shape index (κ3) is 6.69. The Balaban J connectivity index is 1.39. The third-order valence-electron chi connectivity index (χ3n) is 4.89. The fourth-order valence-electron chi connectivity index (χ4n) is 3.32. The first kappa shape index (κ1) is 22.0. The molecule has 0 saturated carbocycles. The van der Waals surface area contributed by atoms with Crippen LogP contribution in [-0.4, -0.2) is 72.5 Å². The zero-order valence-corrected chi connectivity index (χ0v) is 18.6. The van der Waals surface area contributed by atoms with Gasteiger partial charge >= 0.3 is 0 Å². The minimum atomic E-state index is 0.160. The first-order chi connectivity index (χ1) is 14.7. The summed E-state index contributed by atoms with van der Waals surface area (Å²) in [5.74, 6) is 1.88. The molecule has 1 amide bonds. The van der Waals surface area contributed by atoms with Gasteiger partial charge in [-0.15, -0.1) is 11.3 Å². The maximum Gasteiger partial charge on any atom is 0.224 e. The molecule has 0 unspecified atom stereocenters. The number of pyridine rings is 1. The van der Waals surface area contributed by atoms with Crippen LogP contribution in [0.5, 0.6) is 0 Å². The van der Waals surface area contributed by atoms with Crippen LogP contribution in [0.25, 0.3) is 0 Å². The Kier molecular flexibility index (Phi) is 8.43. The molecule has 0 atom stereocenters. The summed E-state index contributed by atoms with van der Waals surface area (Å²) < 4.78 is 0. The fourth-order valence-corrected chi connectivity index (χ4v) is 3.97. The number of aliphatic imine (C=N–C) groups is 1. The lowest BCUT2D eigenvalue weighted by molar-refractivity contribution is -0.131. The van der Waals surface area contributed by atoms with E-state index in [-0.39, 0.29) is 5.91 Å². The van der Waals surface area contributed by atoms with Crippen LogP contribution in [0.2, 0.25) is 0 Å². The van der Waals surface area contributed by atoms with Crippen LogP contribution in [-0.2, 0) is 11.2 Å². The van der Waals surface area contributed by atoms with Crippen molar-refractivity contribution < 1.29 is 4.79 Å². The Morgan fingerprint density at radius 1 is 1.23 bits per heavy atom. The summed E-state index contributed by atoms with van der Waals surface area (Å²) in [6.07, 6.45) is 3.08. The maximum absolute atomic E-state index is 12.6. The van der Waals surface area contributed by atoms with Gasteiger partial charge in [0.1, 0.15) is 5.82 Å². The largest absolute Gasteiger partial charge is 0.357 e. The molecule has 8 nitrogen and oxygen atoms in total. The Labute approximate surface area is 182 Å². The van der Waals surface area contributed by atoms with E-state index >= 15 is 0 Å². The number of rotatable bonds is 8. The summed E-state index contributed by atoms with van der Waals surface area (Å²) in [5, 5.41) is 9.73. The van der Waals surface area contributed by atoms with Crippen LogP contribution in [0, 0.1) is 6.92 Å². The van der Waals surface area contributed by atoms with E-state index in [1.54, 1.807) is 17.5 Å². The Morgan fingerprint density at radius 3 is 2.73 bits per heavy atom. The molecular weight excluding hydrogens is 398 g/mol. The Hall–Kier alpha value is -2.68. The first-order valence-corrected chi connectivity index (χ1v) is 11.4.